The lowest BCUT2D eigenvalue weighted by Crippen LogP contribution is -2.56. The zero-order valence-electron chi connectivity index (χ0n) is 16.7. The van der Waals surface area contributed by atoms with E-state index in [0.717, 1.165) is 49.4 Å². The number of hydrogen-bond acceptors (Lipinski definition) is 2. The zero-order valence-corrected chi connectivity index (χ0v) is 17.5. The Bertz CT molecular complexity index is 1090. The highest BCUT2D eigenvalue weighted by Gasteiger charge is 2.49. The van der Waals surface area contributed by atoms with Crippen molar-refractivity contribution >= 4 is 28.4 Å². The van der Waals surface area contributed by atoms with Gasteiger partial charge in [-0.05, 0) is 104 Å². The summed E-state index contributed by atoms with van der Waals surface area (Å²) in [5.74, 6) is 0.178. The van der Waals surface area contributed by atoms with Crippen LogP contribution in [0.2, 0.25) is 5.02 Å². The van der Waals surface area contributed by atoms with Crippen LogP contribution in [-0.2, 0) is 0 Å². The molecule has 2 saturated carbocycles. The number of rotatable bonds is 3. The second kappa shape index (κ2) is 7.66. The van der Waals surface area contributed by atoms with Gasteiger partial charge in [0.25, 0.3) is 5.91 Å². The molecule has 1 aromatic heterocycles. The van der Waals surface area contributed by atoms with Crippen molar-refractivity contribution in [3.05, 3.63) is 76.7 Å². The quantitative estimate of drug-likeness (QED) is 0.541. The molecule has 0 unspecified atom stereocenters. The fourth-order valence-electron chi connectivity index (χ4n) is 5.36. The summed E-state index contributed by atoms with van der Waals surface area (Å²) in [6.07, 6.45) is 8.32. The van der Waals surface area contributed by atoms with Gasteiger partial charge < -0.3 is 5.32 Å². The van der Waals surface area contributed by atoms with Gasteiger partial charge in [-0.15, -0.1) is 0 Å². The van der Waals surface area contributed by atoms with Crippen molar-refractivity contribution in [2.45, 2.75) is 50.5 Å². The molecule has 30 heavy (non-hydrogen) atoms. The number of aromatic nitrogens is 1. The van der Waals surface area contributed by atoms with Crippen molar-refractivity contribution in [3.8, 4) is 0 Å². The topological polar surface area (TPSA) is 42.0 Å². The maximum absolute atomic E-state index is 13.8. The van der Waals surface area contributed by atoms with Crippen LogP contribution >= 0.6 is 11.6 Å². The van der Waals surface area contributed by atoms with Crippen LogP contribution in [0.3, 0.4) is 0 Å². The van der Waals surface area contributed by atoms with Gasteiger partial charge in [0.1, 0.15) is 5.82 Å². The van der Waals surface area contributed by atoms with Crippen LogP contribution in [0.15, 0.2) is 54.7 Å². The molecule has 0 bridgehead atoms. The number of carbonyl (C=O) groups is 1. The number of pyridine rings is 1. The fraction of sp³-hybridized carbons (Fsp3) is 0.360. The molecule has 3 aromatic rings. The number of benzene rings is 2. The van der Waals surface area contributed by atoms with Crippen molar-refractivity contribution in [1.29, 1.82) is 0 Å². The highest BCUT2D eigenvalue weighted by atomic mass is 35.5. The highest BCUT2D eigenvalue weighted by Crippen LogP contribution is 2.55. The summed E-state index contributed by atoms with van der Waals surface area (Å²) in [6.45, 7) is 0. The molecule has 2 aliphatic carbocycles. The van der Waals surface area contributed by atoms with Crippen molar-refractivity contribution in [3.63, 3.8) is 0 Å². The number of hydrogen-bond donors (Lipinski definition) is 1. The van der Waals surface area contributed by atoms with Crippen LogP contribution in [0.1, 0.15) is 60.4 Å². The molecular weight excluding hydrogens is 399 g/mol. The molecule has 1 amide bonds. The molecule has 2 aromatic carbocycles. The van der Waals surface area contributed by atoms with Gasteiger partial charge in [0, 0.05) is 28.2 Å². The Morgan fingerprint density at radius 3 is 2.47 bits per heavy atom. The van der Waals surface area contributed by atoms with E-state index in [2.05, 4.69) is 10.3 Å². The average Bonchev–Trinajstić information content (AvgIpc) is 2.77. The average molecular weight is 423 g/mol. The molecule has 1 spiro atoms. The monoisotopic (exact) mass is 422 g/mol. The minimum atomic E-state index is -0.215. The van der Waals surface area contributed by atoms with Crippen LogP contribution in [0, 0.1) is 11.2 Å². The number of halogens is 2. The van der Waals surface area contributed by atoms with E-state index >= 15 is 0 Å². The lowest BCUT2D eigenvalue weighted by atomic mass is 9.55. The smallest absolute Gasteiger partial charge is 0.251 e. The maximum Gasteiger partial charge on any atom is 0.251 e. The first-order valence-corrected chi connectivity index (χ1v) is 11.0. The summed E-state index contributed by atoms with van der Waals surface area (Å²) < 4.78 is 13.8. The Labute approximate surface area is 180 Å². The third kappa shape index (κ3) is 3.47. The molecule has 0 saturated heterocycles. The van der Waals surface area contributed by atoms with Crippen molar-refractivity contribution < 1.29 is 9.18 Å². The second-order valence-corrected chi connectivity index (χ2v) is 9.21. The van der Waals surface area contributed by atoms with Crippen LogP contribution < -0.4 is 5.32 Å². The summed E-state index contributed by atoms with van der Waals surface area (Å²) in [5.41, 5.74) is 2.91. The summed E-state index contributed by atoms with van der Waals surface area (Å²) in [6, 6.07) is 14.2. The molecule has 5 rings (SSSR count). The first kappa shape index (κ1) is 19.5. The Balaban J connectivity index is 1.28. The van der Waals surface area contributed by atoms with Gasteiger partial charge in [-0.3, -0.25) is 9.78 Å². The number of fused-ring (bicyclic) bond motifs is 1. The number of amides is 1. The lowest BCUT2D eigenvalue weighted by molar-refractivity contribution is 0.0173. The van der Waals surface area contributed by atoms with Crippen LogP contribution in [0.5, 0.6) is 0 Å². The summed E-state index contributed by atoms with van der Waals surface area (Å²) in [7, 11) is 0. The van der Waals surface area contributed by atoms with E-state index in [4.69, 9.17) is 11.6 Å². The zero-order chi connectivity index (χ0) is 20.7. The first-order valence-electron chi connectivity index (χ1n) is 10.6. The Hall–Kier alpha value is -2.46. The molecule has 5 heteroatoms. The molecule has 1 N–H and O–H groups in total. The second-order valence-electron chi connectivity index (χ2n) is 8.77. The predicted molar refractivity (Wildman–Crippen MR) is 117 cm³/mol. The predicted octanol–water partition coefficient (Wildman–Crippen LogP) is 6.26. The summed E-state index contributed by atoms with van der Waals surface area (Å²) >= 11 is 5.93. The van der Waals surface area contributed by atoms with Crippen molar-refractivity contribution in [2.75, 3.05) is 0 Å². The van der Waals surface area contributed by atoms with E-state index in [1.807, 2.05) is 12.3 Å². The van der Waals surface area contributed by atoms with Crippen molar-refractivity contribution in [1.82, 2.24) is 10.3 Å². The molecule has 1 atom stereocenters. The molecule has 3 nitrogen and oxygen atoms in total. The first-order chi connectivity index (χ1) is 14.5. The highest BCUT2D eigenvalue weighted by molar-refractivity contribution is 6.30. The standard InChI is InChI=1S/C25H24ClFN2O/c26-18-3-1-17(2-4-18)24(30)29-23-9-13-25(23)11-7-16(8-12-25)20-10-14-28-22-6-5-19(27)15-21(20)22/h1-6,10,14-16,23H,7-9,11-13H2,(H,29,30)/t16?,23-,25?/m0/s1. The molecule has 0 radical (unpaired) electrons. The lowest BCUT2D eigenvalue weighted by Gasteiger charge is -2.53. The fourth-order valence-corrected chi connectivity index (χ4v) is 5.49. The third-order valence-electron chi connectivity index (χ3n) is 7.24. The number of nitrogens with one attached hydrogen (secondary N) is 1. The molecule has 154 valence electrons. The number of nitrogens with zero attached hydrogens (tertiary/aromatic N) is 1. The maximum atomic E-state index is 13.8. The Morgan fingerprint density at radius 1 is 1.03 bits per heavy atom. The van der Waals surface area contributed by atoms with Gasteiger partial charge in [0.05, 0.1) is 5.52 Å². The minimum absolute atomic E-state index is 0.0199. The van der Waals surface area contributed by atoms with Gasteiger partial charge in [-0.25, -0.2) is 4.39 Å². The van der Waals surface area contributed by atoms with Crippen LogP contribution in [-0.4, -0.2) is 16.9 Å². The normalized spacial score (nSPS) is 25.8. The molecule has 2 fully saturated rings. The molecule has 2 aliphatic rings. The van der Waals surface area contributed by atoms with E-state index in [-0.39, 0.29) is 23.2 Å². The Kier molecular flexibility index (Phi) is 4.98. The van der Waals surface area contributed by atoms with Gasteiger partial charge >= 0.3 is 0 Å². The summed E-state index contributed by atoms with van der Waals surface area (Å²) in [4.78, 5) is 17.0. The van der Waals surface area contributed by atoms with E-state index in [1.165, 1.54) is 11.6 Å². The molecule has 0 aliphatic heterocycles. The third-order valence-corrected chi connectivity index (χ3v) is 7.49. The van der Waals surface area contributed by atoms with E-state index in [1.54, 1.807) is 36.4 Å². The van der Waals surface area contributed by atoms with Gasteiger partial charge in [0.2, 0.25) is 0 Å². The molecule has 1 heterocycles. The van der Waals surface area contributed by atoms with Gasteiger partial charge in [-0.1, -0.05) is 11.6 Å². The molecular formula is C25H24ClFN2O. The van der Waals surface area contributed by atoms with Crippen LogP contribution in [0.4, 0.5) is 4.39 Å². The van der Waals surface area contributed by atoms with E-state index < -0.39 is 0 Å². The van der Waals surface area contributed by atoms with Gasteiger partial charge in [0.15, 0.2) is 0 Å². The van der Waals surface area contributed by atoms with E-state index in [0.29, 0.717) is 16.5 Å². The van der Waals surface area contributed by atoms with Crippen molar-refractivity contribution in [2.24, 2.45) is 5.41 Å². The van der Waals surface area contributed by atoms with E-state index in [9.17, 15) is 9.18 Å². The SMILES string of the molecule is O=C(N[C@H]1CCC12CCC(c1ccnc3ccc(F)cc13)CC2)c1ccc(Cl)cc1. The van der Waals surface area contributed by atoms with Crippen LogP contribution in [0.25, 0.3) is 10.9 Å². The number of carbonyl (C=O) groups excluding carboxylic acids is 1. The summed E-state index contributed by atoms with van der Waals surface area (Å²) in [5, 5.41) is 4.83. The van der Waals surface area contributed by atoms with Gasteiger partial charge in [-0.2, -0.15) is 0 Å². The minimum Gasteiger partial charge on any atom is -0.349 e. The largest absolute Gasteiger partial charge is 0.349 e. The Morgan fingerprint density at radius 2 is 1.77 bits per heavy atom.